The Labute approximate surface area is 207 Å². The van der Waals surface area contributed by atoms with Crippen LogP contribution in [0.2, 0.25) is 0 Å². The first-order valence-corrected chi connectivity index (χ1v) is 11.9. The van der Waals surface area contributed by atoms with Gasteiger partial charge in [0.15, 0.2) is 5.78 Å². The van der Waals surface area contributed by atoms with Crippen molar-refractivity contribution in [2.24, 2.45) is 5.41 Å². The maximum atomic E-state index is 14.3. The summed E-state index contributed by atoms with van der Waals surface area (Å²) < 4.78 is 7.39. The highest BCUT2D eigenvalue weighted by Crippen LogP contribution is 2.41. The fourth-order valence-electron chi connectivity index (χ4n) is 4.58. The number of ether oxygens (including phenoxy) is 1. The second-order valence-electron chi connectivity index (χ2n) is 10.3. The van der Waals surface area contributed by atoms with Crippen LogP contribution in [0.3, 0.4) is 0 Å². The molecule has 1 fully saturated rings. The molecule has 1 saturated heterocycles. The molecule has 1 aromatic carbocycles. The number of amides is 1. The molecule has 8 nitrogen and oxygen atoms in total. The normalized spacial score (nSPS) is 20.1. The molecule has 1 aliphatic heterocycles. The number of nitrogens with one attached hydrogen (secondary N) is 1. The zero-order valence-electron chi connectivity index (χ0n) is 21.0. The van der Waals surface area contributed by atoms with Gasteiger partial charge in [0.25, 0.3) is 5.91 Å². The summed E-state index contributed by atoms with van der Waals surface area (Å²) in [4.78, 5) is 40.8. The molecule has 1 aliphatic rings. The number of hydrogen-bond acceptors (Lipinski definition) is 5. The summed E-state index contributed by atoms with van der Waals surface area (Å²) in [6, 6.07) is 9.98. The van der Waals surface area contributed by atoms with Crippen molar-refractivity contribution < 1.29 is 24.2 Å². The highest BCUT2D eigenvalue weighted by atomic mass is 16.5. The molecular formula is C27H36N3O5. The van der Waals surface area contributed by atoms with Crippen LogP contribution in [0.25, 0.3) is 0 Å². The van der Waals surface area contributed by atoms with Crippen LogP contribution in [0.15, 0.2) is 48.8 Å². The number of benzene rings is 1. The lowest BCUT2D eigenvalue weighted by Gasteiger charge is -2.41. The molecule has 3 unspecified atom stereocenters. The number of aromatic nitrogens is 1. The lowest BCUT2D eigenvalue weighted by Crippen LogP contribution is -2.56. The average Bonchev–Trinajstić information content (AvgIpc) is 3.45. The number of rotatable bonds is 11. The summed E-state index contributed by atoms with van der Waals surface area (Å²) in [7, 11) is 3.88. The van der Waals surface area contributed by atoms with Crippen molar-refractivity contribution in [1.82, 2.24) is 14.8 Å². The summed E-state index contributed by atoms with van der Waals surface area (Å²) in [6.07, 6.45) is 4.16. The van der Waals surface area contributed by atoms with Crippen molar-refractivity contribution in [1.29, 1.82) is 0 Å². The first-order chi connectivity index (χ1) is 16.5. The van der Waals surface area contributed by atoms with Crippen molar-refractivity contribution in [3.8, 4) is 0 Å². The lowest BCUT2D eigenvalue weighted by atomic mass is 9.72. The lowest BCUT2D eigenvalue weighted by molar-refractivity contribution is -0.133. The minimum absolute atomic E-state index is 0.0432. The molecule has 0 saturated carbocycles. The number of carbonyl (C=O) groups is 3. The van der Waals surface area contributed by atoms with Crippen molar-refractivity contribution in [3.05, 3.63) is 66.8 Å². The van der Waals surface area contributed by atoms with Gasteiger partial charge < -0.3 is 24.6 Å². The largest absolute Gasteiger partial charge is 0.478 e. The third kappa shape index (κ3) is 5.82. The van der Waals surface area contributed by atoms with Crippen LogP contribution in [0, 0.1) is 12.3 Å². The van der Waals surface area contributed by atoms with E-state index in [1.54, 1.807) is 10.8 Å². The number of carbonyl (C=O) groups excluding carboxylic acids is 2. The predicted molar refractivity (Wildman–Crippen MR) is 133 cm³/mol. The highest BCUT2D eigenvalue weighted by molar-refractivity contribution is 5.96. The minimum atomic E-state index is -1.30. The van der Waals surface area contributed by atoms with Gasteiger partial charge in [-0.2, -0.15) is 0 Å². The molecular weight excluding hydrogens is 446 g/mol. The van der Waals surface area contributed by atoms with Crippen LogP contribution in [0.1, 0.15) is 49.0 Å². The standard InChI is InChI=1S/C27H36N3O5/c1-6-26(2,3)18-27(20-10-8-7-9-11-20,30-15-12-19(16-30)24(32)33)25(34)28-23-21(31)17-35-22(23)13-14-29(4)5/h7-12,15-16,22-23H,1,6,13-14,17-18H2,2-5H3,(H,28,34)(H,32,33). The minimum Gasteiger partial charge on any atom is -0.478 e. The van der Waals surface area contributed by atoms with Gasteiger partial charge in [0, 0.05) is 18.9 Å². The fraction of sp³-hybridized carbons (Fsp3) is 0.481. The van der Waals surface area contributed by atoms with Gasteiger partial charge in [0.1, 0.15) is 18.2 Å². The molecule has 1 aromatic heterocycles. The van der Waals surface area contributed by atoms with Gasteiger partial charge in [-0.15, -0.1) is 0 Å². The second-order valence-corrected chi connectivity index (χ2v) is 10.3. The molecule has 1 radical (unpaired) electrons. The molecule has 2 aromatic rings. The molecule has 3 rings (SSSR count). The van der Waals surface area contributed by atoms with E-state index >= 15 is 0 Å². The third-order valence-electron chi connectivity index (χ3n) is 6.72. The number of carboxylic acids is 1. The summed E-state index contributed by atoms with van der Waals surface area (Å²) in [6.45, 7) is 8.79. The molecule has 8 heteroatoms. The molecule has 1 amide bonds. The van der Waals surface area contributed by atoms with E-state index in [-0.39, 0.29) is 29.3 Å². The van der Waals surface area contributed by atoms with E-state index in [2.05, 4.69) is 12.2 Å². The Kier molecular flexibility index (Phi) is 8.18. The van der Waals surface area contributed by atoms with Gasteiger partial charge >= 0.3 is 5.97 Å². The number of hydrogen-bond donors (Lipinski definition) is 2. The van der Waals surface area contributed by atoms with Crippen LogP contribution >= 0.6 is 0 Å². The topological polar surface area (TPSA) is 101 Å². The number of nitrogens with zero attached hydrogens (tertiary/aromatic N) is 2. The van der Waals surface area contributed by atoms with E-state index in [9.17, 15) is 19.5 Å². The SMILES string of the molecule is [CH2]CC(C)(C)CC(C(=O)NC1C(=O)COC1CCN(C)C)(c1ccccc1)n1ccc(C(=O)O)c1. The van der Waals surface area contributed by atoms with Crippen molar-refractivity contribution in [3.63, 3.8) is 0 Å². The second kappa shape index (κ2) is 10.7. The van der Waals surface area contributed by atoms with Gasteiger partial charge in [-0.3, -0.25) is 9.59 Å². The predicted octanol–water partition coefficient (Wildman–Crippen LogP) is 2.97. The maximum Gasteiger partial charge on any atom is 0.337 e. The zero-order valence-corrected chi connectivity index (χ0v) is 21.0. The summed E-state index contributed by atoms with van der Waals surface area (Å²) in [5.41, 5.74) is -0.899. The van der Waals surface area contributed by atoms with Crippen LogP contribution in [-0.2, 0) is 19.9 Å². The number of Topliss-reactive ketones (excluding diaryl/α,β-unsaturated/α-hetero) is 1. The Bertz CT molecular complexity index is 1050. The number of ketones is 1. The Morgan fingerprint density at radius 3 is 2.49 bits per heavy atom. The third-order valence-corrected chi connectivity index (χ3v) is 6.72. The van der Waals surface area contributed by atoms with E-state index in [4.69, 9.17) is 4.74 Å². The van der Waals surface area contributed by atoms with Gasteiger partial charge in [0.2, 0.25) is 0 Å². The maximum absolute atomic E-state index is 14.3. The van der Waals surface area contributed by atoms with Crippen molar-refractivity contribution >= 4 is 17.7 Å². The molecule has 2 N–H and O–H groups in total. The Morgan fingerprint density at radius 1 is 1.23 bits per heavy atom. The molecule has 35 heavy (non-hydrogen) atoms. The van der Waals surface area contributed by atoms with Crippen LogP contribution in [0.5, 0.6) is 0 Å². The molecule has 0 bridgehead atoms. The molecule has 0 spiro atoms. The Morgan fingerprint density at radius 2 is 1.91 bits per heavy atom. The van der Waals surface area contributed by atoms with Crippen LogP contribution < -0.4 is 5.32 Å². The van der Waals surface area contributed by atoms with Crippen LogP contribution in [-0.4, -0.2) is 71.6 Å². The van der Waals surface area contributed by atoms with E-state index in [1.807, 2.05) is 63.2 Å². The Balaban J connectivity index is 2.11. The molecule has 3 atom stereocenters. The first-order valence-electron chi connectivity index (χ1n) is 11.9. The molecule has 189 valence electrons. The monoisotopic (exact) mass is 482 g/mol. The summed E-state index contributed by atoms with van der Waals surface area (Å²) in [5, 5.41) is 12.6. The Hall–Kier alpha value is -2.97. The molecule has 2 heterocycles. The number of carboxylic acid groups (broad SMARTS) is 1. The smallest absolute Gasteiger partial charge is 0.337 e. The summed E-state index contributed by atoms with van der Waals surface area (Å²) in [5.74, 6) is -1.62. The van der Waals surface area contributed by atoms with Gasteiger partial charge in [-0.05, 0) is 50.4 Å². The number of aromatic carboxylic acids is 1. The highest BCUT2D eigenvalue weighted by Gasteiger charge is 2.48. The quantitative estimate of drug-likeness (QED) is 0.511. The van der Waals surface area contributed by atoms with E-state index in [0.717, 1.165) is 0 Å². The van der Waals surface area contributed by atoms with Gasteiger partial charge in [0.05, 0.1) is 11.7 Å². The molecule has 0 aliphatic carbocycles. The van der Waals surface area contributed by atoms with Crippen molar-refractivity contribution in [2.45, 2.75) is 50.8 Å². The fourth-order valence-corrected chi connectivity index (χ4v) is 4.58. The first kappa shape index (κ1) is 26.6. The summed E-state index contributed by atoms with van der Waals surface area (Å²) >= 11 is 0. The van der Waals surface area contributed by atoms with E-state index < -0.39 is 23.7 Å². The van der Waals surface area contributed by atoms with Gasteiger partial charge in [-0.25, -0.2) is 4.79 Å². The zero-order chi connectivity index (χ0) is 25.8. The van der Waals surface area contributed by atoms with Gasteiger partial charge in [-0.1, -0.05) is 51.1 Å². The van der Waals surface area contributed by atoms with E-state index in [0.29, 0.717) is 31.4 Å². The van der Waals surface area contributed by atoms with Crippen molar-refractivity contribution in [2.75, 3.05) is 27.2 Å². The van der Waals surface area contributed by atoms with E-state index in [1.165, 1.54) is 12.3 Å². The van der Waals surface area contributed by atoms with Crippen LogP contribution in [0.4, 0.5) is 0 Å². The average molecular weight is 483 g/mol.